The maximum atomic E-state index is 12.7. The first-order valence-electron chi connectivity index (χ1n) is 13.6. The lowest BCUT2D eigenvalue weighted by Crippen LogP contribution is -2.45. The lowest BCUT2D eigenvalue weighted by molar-refractivity contribution is -0.139. The lowest BCUT2D eigenvalue weighted by atomic mass is 9.95. The number of para-hydroxylation sites is 1. The molecule has 0 bridgehead atoms. The number of ether oxygens (including phenoxy) is 2. The van der Waals surface area contributed by atoms with Crippen molar-refractivity contribution in [1.29, 1.82) is 0 Å². The molecule has 1 aliphatic rings. The van der Waals surface area contributed by atoms with Crippen molar-refractivity contribution >= 4 is 47.0 Å². The number of carbonyl (C=O) groups is 3. The van der Waals surface area contributed by atoms with E-state index in [1.807, 2.05) is 50.2 Å². The molecule has 4 rings (SSSR count). The van der Waals surface area contributed by atoms with Crippen LogP contribution in [0.4, 0.5) is 5.69 Å². The molecule has 2 heterocycles. The van der Waals surface area contributed by atoms with Gasteiger partial charge in [0.15, 0.2) is 11.7 Å². The number of hydrogen-bond donors (Lipinski definition) is 4. The third-order valence-electron chi connectivity index (χ3n) is 6.66. The van der Waals surface area contributed by atoms with Crippen LogP contribution in [0.25, 0.3) is 5.69 Å². The van der Waals surface area contributed by atoms with E-state index >= 15 is 0 Å². The zero-order chi connectivity index (χ0) is 31.1. The summed E-state index contributed by atoms with van der Waals surface area (Å²) < 4.78 is 13.2. The van der Waals surface area contributed by atoms with E-state index in [1.165, 1.54) is 6.92 Å². The molecule has 0 aliphatic carbocycles. The molecule has 1 aromatic heterocycles. The summed E-state index contributed by atoms with van der Waals surface area (Å²) in [6.07, 6.45) is 1.58. The minimum Gasteiger partial charge on any atom is -0.483 e. The number of hydrogen-bond acceptors (Lipinski definition) is 7. The maximum Gasteiger partial charge on any atom is 0.338 e. The highest BCUT2D eigenvalue weighted by Crippen LogP contribution is 2.33. The largest absolute Gasteiger partial charge is 0.483 e. The van der Waals surface area contributed by atoms with Gasteiger partial charge in [-0.15, -0.1) is 0 Å². The van der Waals surface area contributed by atoms with E-state index in [4.69, 9.17) is 21.7 Å². The van der Waals surface area contributed by atoms with E-state index in [1.54, 1.807) is 38.3 Å². The van der Waals surface area contributed by atoms with Crippen LogP contribution in [0.15, 0.2) is 71.0 Å². The number of rotatable bonds is 10. The van der Waals surface area contributed by atoms with E-state index in [-0.39, 0.29) is 19.1 Å². The molecule has 0 saturated carbocycles. The van der Waals surface area contributed by atoms with Crippen LogP contribution < -0.4 is 26.1 Å². The van der Waals surface area contributed by atoms with Gasteiger partial charge in [-0.05, 0) is 76.3 Å². The molecule has 4 N–H and O–H groups in total. The van der Waals surface area contributed by atoms with Crippen molar-refractivity contribution in [2.45, 2.75) is 40.7 Å². The van der Waals surface area contributed by atoms with Gasteiger partial charge in [0.25, 0.3) is 5.91 Å². The summed E-state index contributed by atoms with van der Waals surface area (Å²) in [4.78, 5) is 36.7. The predicted octanol–water partition coefficient (Wildman–Crippen LogP) is 3.94. The smallest absolute Gasteiger partial charge is 0.338 e. The predicted molar refractivity (Wildman–Crippen MR) is 168 cm³/mol. The van der Waals surface area contributed by atoms with Crippen LogP contribution >= 0.6 is 12.2 Å². The van der Waals surface area contributed by atoms with Crippen LogP contribution in [0.1, 0.15) is 49.3 Å². The molecule has 0 saturated heterocycles. The van der Waals surface area contributed by atoms with Crippen molar-refractivity contribution in [3.8, 4) is 11.4 Å². The molecule has 2 aromatic carbocycles. The first kappa shape index (κ1) is 31.0. The van der Waals surface area contributed by atoms with Gasteiger partial charge in [-0.3, -0.25) is 9.59 Å². The molecule has 0 unspecified atom stereocenters. The van der Waals surface area contributed by atoms with E-state index in [0.29, 0.717) is 27.7 Å². The molecule has 0 fully saturated rings. The Morgan fingerprint density at radius 1 is 1.09 bits per heavy atom. The summed E-state index contributed by atoms with van der Waals surface area (Å²) in [5.41, 5.74) is 8.48. The third-order valence-corrected chi connectivity index (χ3v) is 6.88. The second-order valence-corrected chi connectivity index (χ2v) is 10.2. The number of benzene rings is 2. The zero-order valence-electron chi connectivity index (χ0n) is 24.6. The fourth-order valence-corrected chi connectivity index (χ4v) is 5.09. The quantitative estimate of drug-likeness (QED) is 0.119. The molecule has 1 aliphatic heterocycles. The van der Waals surface area contributed by atoms with Crippen LogP contribution in [0.2, 0.25) is 0 Å². The summed E-state index contributed by atoms with van der Waals surface area (Å²) in [6, 6.07) is 16.0. The molecule has 1 atom stereocenters. The van der Waals surface area contributed by atoms with Crippen molar-refractivity contribution in [2.75, 3.05) is 18.5 Å². The Balaban J connectivity index is 1.42. The normalized spacial score (nSPS) is 14.6. The maximum absolute atomic E-state index is 12.7. The molecular formula is C31H34N6O5S. The Labute approximate surface area is 255 Å². The van der Waals surface area contributed by atoms with Gasteiger partial charge in [0.1, 0.15) is 5.75 Å². The van der Waals surface area contributed by atoms with Crippen LogP contribution in [0.3, 0.4) is 0 Å². The molecular weight excluding hydrogens is 568 g/mol. The summed E-state index contributed by atoms with van der Waals surface area (Å²) in [5.74, 6) is -0.656. The highest BCUT2D eigenvalue weighted by molar-refractivity contribution is 7.80. The van der Waals surface area contributed by atoms with Crippen LogP contribution in [-0.2, 0) is 19.1 Å². The van der Waals surface area contributed by atoms with Gasteiger partial charge in [-0.2, -0.15) is 5.10 Å². The SMILES string of the molecule is CCOC(=O)C1=C(C)NC(=S)N[C@H]1c1ccccc1OCC(=O)NN=Cc1cc(C)n(-c2ccc(NC(C)=O)cc2)c1C. The number of allylic oxidation sites excluding steroid dienone is 1. The molecule has 11 nitrogen and oxygen atoms in total. The summed E-state index contributed by atoms with van der Waals surface area (Å²) in [6.45, 7) is 8.81. The summed E-state index contributed by atoms with van der Waals surface area (Å²) in [7, 11) is 0. The number of anilines is 1. The van der Waals surface area contributed by atoms with E-state index in [2.05, 4.69) is 31.0 Å². The van der Waals surface area contributed by atoms with Crippen molar-refractivity contribution in [3.63, 3.8) is 0 Å². The van der Waals surface area contributed by atoms with Crippen LogP contribution in [-0.4, -0.2) is 46.9 Å². The number of nitrogens with zero attached hydrogens (tertiary/aromatic N) is 2. The molecule has 3 aromatic rings. The molecule has 0 spiro atoms. The van der Waals surface area contributed by atoms with Crippen molar-refractivity contribution < 1.29 is 23.9 Å². The Morgan fingerprint density at radius 3 is 2.51 bits per heavy atom. The van der Waals surface area contributed by atoms with Crippen LogP contribution in [0, 0.1) is 13.8 Å². The zero-order valence-corrected chi connectivity index (χ0v) is 25.4. The van der Waals surface area contributed by atoms with Gasteiger partial charge in [-0.25, -0.2) is 10.2 Å². The number of hydrazone groups is 1. The first-order chi connectivity index (χ1) is 20.6. The second-order valence-electron chi connectivity index (χ2n) is 9.80. The Bertz CT molecular complexity index is 1610. The number of amides is 2. The standard InChI is InChI=1S/C31H34N6O5S/c1-6-41-30(40)28-19(3)33-31(43)35-29(28)25-9-7-8-10-26(25)42-17-27(39)36-32-16-22-15-18(2)37(20(22)4)24-13-11-23(12-14-24)34-21(5)38/h7-16,29H,6,17H2,1-5H3,(H,34,38)(H,36,39)(H2,33,35,43)/t29-/m0/s1. The van der Waals surface area contributed by atoms with Crippen LogP contribution in [0.5, 0.6) is 5.75 Å². The Hall–Kier alpha value is -4.97. The number of esters is 1. The topological polar surface area (TPSA) is 135 Å². The molecule has 12 heteroatoms. The molecule has 0 radical (unpaired) electrons. The number of nitrogens with one attached hydrogen (secondary N) is 4. The fourth-order valence-electron chi connectivity index (χ4n) is 4.82. The lowest BCUT2D eigenvalue weighted by Gasteiger charge is -2.30. The average Bonchev–Trinajstić information content (AvgIpc) is 3.24. The van der Waals surface area contributed by atoms with E-state index < -0.39 is 17.9 Å². The Morgan fingerprint density at radius 2 is 1.81 bits per heavy atom. The first-order valence-corrected chi connectivity index (χ1v) is 14.1. The number of aromatic nitrogens is 1. The highest BCUT2D eigenvalue weighted by Gasteiger charge is 2.32. The number of aryl methyl sites for hydroxylation is 1. The second kappa shape index (κ2) is 13.8. The average molecular weight is 603 g/mol. The van der Waals surface area contributed by atoms with Gasteiger partial charge in [0.2, 0.25) is 5.91 Å². The minimum absolute atomic E-state index is 0.130. The van der Waals surface area contributed by atoms with Crippen molar-refractivity contribution in [1.82, 2.24) is 20.6 Å². The van der Waals surface area contributed by atoms with E-state index in [9.17, 15) is 14.4 Å². The molecule has 224 valence electrons. The third kappa shape index (κ3) is 7.46. The van der Waals surface area contributed by atoms with Crippen molar-refractivity contribution in [3.05, 3.63) is 88.4 Å². The monoisotopic (exact) mass is 602 g/mol. The van der Waals surface area contributed by atoms with Gasteiger partial charge in [-0.1, -0.05) is 18.2 Å². The Kier molecular flexibility index (Phi) is 9.94. The van der Waals surface area contributed by atoms with Gasteiger partial charge in [0, 0.05) is 46.5 Å². The fraction of sp³-hybridized carbons (Fsp3) is 0.258. The van der Waals surface area contributed by atoms with Gasteiger partial charge < -0.3 is 30.0 Å². The minimum atomic E-state index is -0.623. The van der Waals surface area contributed by atoms with E-state index in [0.717, 1.165) is 28.3 Å². The molecule has 2 amide bonds. The number of carbonyl (C=O) groups excluding carboxylic acids is 3. The molecule has 43 heavy (non-hydrogen) atoms. The summed E-state index contributed by atoms with van der Waals surface area (Å²) >= 11 is 5.32. The van der Waals surface area contributed by atoms with Crippen molar-refractivity contribution in [2.24, 2.45) is 5.10 Å². The van der Waals surface area contributed by atoms with Gasteiger partial charge in [0.05, 0.1) is 24.4 Å². The summed E-state index contributed by atoms with van der Waals surface area (Å²) in [5, 5.41) is 13.3. The number of thiocarbonyl (C=S) groups is 1. The highest BCUT2D eigenvalue weighted by atomic mass is 32.1. The van der Waals surface area contributed by atoms with Gasteiger partial charge >= 0.3 is 5.97 Å².